The number of anilines is 1. The molecule has 1 aromatic heterocycles. The molecule has 1 amide bonds. The fraction of sp³-hybridized carbons (Fsp3) is 0.312. The fourth-order valence-electron chi connectivity index (χ4n) is 1.80. The highest BCUT2D eigenvalue weighted by Gasteiger charge is 2.06. The van der Waals surface area contributed by atoms with Crippen LogP contribution in [0, 0.1) is 0 Å². The van der Waals surface area contributed by atoms with Crippen molar-refractivity contribution in [2.75, 3.05) is 19.0 Å². The molecule has 0 radical (unpaired) electrons. The highest BCUT2D eigenvalue weighted by molar-refractivity contribution is 5.93. The zero-order valence-electron chi connectivity index (χ0n) is 12.8. The third kappa shape index (κ3) is 4.44. The molecule has 2 aromatic rings. The molecule has 0 aliphatic heterocycles. The Morgan fingerprint density at radius 1 is 1.18 bits per heavy atom. The Bertz CT molecular complexity index is 597. The van der Waals surface area contributed by atoms with Crippen molar-refractivity contribution in [3.63, 3.8) is 0 Å². The number of benzene rings is 1. The van der Waals surface area contributed by atoms with Gasteiger partial charge in [0.25, 0.3) is 5.91 Å². The normalized spacial score (nSPS) is 10.1. The molecule has 2 N–H and O–H groups in total. The van der Waals surface area contributed by atoms with Crippen LogP contribution in [0.1, 0.15) is 29.3 Å². The van der Waals surface area contributed by atoms with Gasteiger partial charge in [-0.05, 0) is 24.1 Å². The van der Waals surface area contributed by atoms with E-state index < -0.39 is 0 Å². The van der Waals surface area contributed by atoms with E-state index >= 15 is 0 Å². The number of amides is 1. The molecule has 0 bridgehead atoms. The minimum atomic E-state index is -0.149. The van der Waals surface area contributed by atoms with Crippen LogP contribution < -0.4 is 15.4 Å². The summed E-state index contributed by atoms with van der Waals surface area (Å²) >= 11 is 0. The van der Waals surface area contributed by atoms with Crippen molar-refractivity contribution in [2.24, 2.45) is 0 Å². The number of nitrogens with one attached hydrogen (secondary N) is 2. The lowest BCUT2D eigenvalue weighted by atomic mass is 10.2. The van der Waals surface area contributed by atoms with Crippen LogP contribution in [0.3, 0.4) is 0 Å². The molecule has 0 saturated heterocycles. The Kier molecular flexibility index (Phi) is 5.71. The summed E-state index contributed by atoms with van der Waals surface area (Å²) in [6.07, 6.45) is 3.94. The van der Waals surface area contributed by atoms with E-state index in [0.717, 1.165) is 17.7 Å². The van der Waals surface area contributed by atoms with Crippen molar-refractivity contribution in [1.29, 1.82) is 0 Å². The number of carbonyl (C=O) groups excluding carboxylic acids is 1. The minimum absolute atomic E-state index is 0.149. The SMILES string of the molecule is CCCNC(=O)c1cnc(NCc2ccc(OC)cc2)nc1. The van der Waals surface area contributed by atoms with E-state index in [-0.39, 0.29) is 5.91 Å². The van der Waals surface area contributed by atoms with Gasteiger partial charge in [-0.3, -0.25) is 4.79 Å². The van der Waals surface area contributed by atoms with Gasteiger partial charge >= 0.3 is 0 Å². The van der Waals surface area contributed by atoms with Crippen molar-refractivity contribution in [3.8, 4) is 5.75 Å². The highest BCUT2D eigenvalue weighted by Crippen LogP contribution is 2.12. The van der Waals surface area contributed by atoms with Gasteiger partial charge in [-0.1, -0.05) is 19.1 Å². The number of hydrogen-bond acceptors (Lipinski definition) is 5. The molecule has 0 saturated carbocycles. The van der Waals surface area contributed by atoms with Gasteiger partial charge in [-0.15, -0.1) is 0 Å². The van der Waals surface area contributed by atoms with Crippen molar-refractivity contribution < 1.29 is 9.53 Å². The van der Waals surface area contributed by atoms with E-state index in [1.807, 2.05) is 31.2 Å². The van der Waals surface area contributed by atoms with Crippen LogP contribution >= 0.6 is 0 Å². The molecule has 0 unspecified atom stereocenters. The fourth-order valence-corrected chi connectivity index (χ4v) is 1.80. The first-order valence-electron chi connectivity index (χ1n) is 7.20. The summed E-state index contributed by atoms with van der Waals surface area (Å²) in [6.45, 7) is 3.25. The lowest BCUT2D eigenvalue weighted by Gasteiger charge is -2.07. The third-order valence-corrected chi connectivity index (χ3v) is 3.06. The number of nitrogens with zero attached hydrogens (tertiary/aromatic N) is 2. The van der Waals surface area contributed by atoms with Crippen molar-refractivity contribution in [2.45, 2.75) is 19.9 Å². The van der Waals surface area contributed by atoms with Crippen LogP contribution in [-0.2, 0) is 6.54 Å². The first kappa shape index (κ1) is 15.8. The number of carbonyl (C=O) groups is 1. The van der Waals surface area contributed by atoms with Gasteiger partial charge in [-0.25, -0.2) is 9.97 Å². The predicted octanol–water partition coefficient (Wildman–Crippen LogP) is 2.24. The van der Waals surface area contributed by atoms with E-state index in [2.05, 4.69) is 20.6 Å². The van der Waals surface area contributed by atoms with E-state index in [9.17, 15) is 4.79 Å². The lowest BCUT2D eigenvalue weighted by molar-refractivity contribution is 0.0953. The van der Waals surface area contributed by atoms with Crippen LogP contribution in [0.5, 0.6) is 5.75 Å². The Hall–Kier alpha value is -2.63. The summed E-state index contributed by atoms with van der Waals surface area (Å²) in [5.74, 6) is 1.16. The molecule has 6 nitrogen and oxygen atoms in total. The van der Waals surface area contributed by atoms with Crippen LogP contribution in [0.25, 0.3) is 0 Å². The molecule has 0 fully saturated rings. The predicted molar refractivity (Wildman–Crippen MR) is 85.0 cm³/mol. The molecule has 1 heterocycles. The number of methoxy groups -OCH3 is 1. The van der Waals surface area contributed by atoms with Crippen molar-refractivity contribution >= 4 is 11.9 Å². The summed E-state index contributed by atoms with van der Waals surface area (Å²) in [5, 5.41) is 5.90. The van der Waals surface area contributed by atoms with Gasteiger partial charge < -0.3 is 15.4 Å². The lowest BCUT2D eigenvalue weighted by Crippen LogP contribution is -2.24. The van der Waals surface area contributed by atoms with Gasteiger partial charge in [0.15, 0.2) is 0 Å². The smallest absolute Gasteiger partial charge is 0.254 e. The second kappa shape index (κ2) is 7.97. The van der Waals surface area contributed by atoms with Crippen LogP contribution in [-0.4, -0.2) is 29.5 Å². The topological polar surface area (TPSA) is 76.1 Å². The maximum absolute atomic E-state index is 11.7. The first-order chi connectivity index (χ1) is 10.7. The highest BCUT2D eigenvalue weighted by atomic mass is 16.5. The second-order valence-corrected chi connectivity index (χ2v) is 4.75. The molecule has 1 aromatic carbocycles. The van der Waals surface area contributed by atoms with Crippen molar-refractivity contribution in [1.82, 2.24) is 15.3 Å². The number of rotatable bonds is 7. The maximum atomic E-state index is 11.7. The summed E-state index contributed by atoms with van der Waals surface area (Å²) < 4.78 is 5.11. The molecule has 6 heteroatoms. The molecule has 0 spiro atoms. The van der Waals surface area contributed by atoms with Gasteiger partial charge in [0.05, 0.1) is 12.7 Å². The van der Waals surface area contributed by atoms with Crippen LogP contribution in [0.2, 0.25) is 0 Å². The van der Waals surface area contributed by atoms with Gasteiger partial charge in [0.1, 0.15) is 5.75 Å². The standard InChI is InChI=1S/C16H20N4O2/c1-3-8-17-15(21)13-10-19-16(20-11-13)18-9-12-4-6-14(22-2)7-5-12/h4-7,10-11H,3,8-9H2,1-2H3,(H,17,21)(H,18,19,20). The largest absolute Gasteiger partial charge is 0.497 e. The molecule has 116 valence electrons. The minimum Gasteiger partial charge on any atom is -0.497 e. The molecule has 0 aliphatic carbocycles. The number of aromatic nitrogens is 2. The quantitative estimate of drug-likeness (QED) is 0.820. The van der Waals surface area contributed by atoms with Crippen LogP contribution in [0.4, 0.5) is 5.95 Å². The monoisotopic (exact) mass is 300 g/mol. The molecular formula is C16H20N4O2. The summed E-state index contributed by atoms with van der Waals surface area (Å²) in [6, 6.07) is 7.74. The average Bonchev–Trinajstić information content (AvgIpc) is 2.58. The van der Waals surface area contributed by atoms with E-state index in [0.29, 0.717) is 24.6 Å². The molecular weight excluding hydrogens is 280 g/mol. The third-order valence-electron chi connectivity index (χ3n) is 3.06. The van der Waals surface area contributed by atoms with Gasteiger partial charge in [0.2, 0.25) is 5.95 Å². The van der Waals surface area contributed by atoms with E-state index in [4.69, 9.17) is 4.74 Å². The molecule has 0 atom stereocenters. The molecule has 0 aliphatic rings. The van der Waals surface area contributed by atoms with Crippen LogP contribution in [0.15, 0.2) is 36.7 Å². The molecule has 22 heavy (non-hydrogen) atoms. The van der Waals surface area contributed by atoms with Crippen molar-refractivity contribution in [3.05, 3.63) is 47.8 Å². The number of ether oxygens (including phenoxy) is 1. The van der Waals surface area contributed by atoms with E-state index in [1.165, 1.54) is 12.4 Å². The summed E-state index contributed by atoms with van der Waals surface area (Å²) in [5.41, 5.74) is 1.55. The summed E-state index contributed by atoms with van der Waals surface area (Å²) in [7, 11) is 1.64. The number of hydrogen-bond donors (Lipinski definition) is 2. The Morgan fingerprint density at radius 3 is 2.45 bits per heavy atom. The summed E-state index contributed by atoms with van der Waals surface area (Å²) in [4.78, 5) is 20.0. The zero-order valence-corrected chi connectivity index (χ0v) is 12.8. The average molecular weight is 300 g/mol. The maximum Gasteiger partial charge on any atom is 0.254 e. The van der Waals surface area contributed by atoms with Gasteiger partial charge in [0, 0.05) is 25.5 Å². The Morgan fingerprint density at radius 2 is 1.86 bits per heavy atom. The Labute approximate surface area is 129 Å². The van der Waals surface area contributed by atoms with Gasteiger partial charge in [-0.2, -0.15) is 0 Å². The first-order valence-corrected chi connectivity index (χ1v) is 7.20. The zero-order chi connectivity index (χ0) is 15.8. The van der Waals surface area contributed by atoms with E-state index in [1.54, 1.807) is 7.11 Å². The second-order valence-electron chi connectivity index (χ2n) is 4.75. The molecule has 2 rings (SSSR count). The Balaban J connectivity index is 1.89.